The Kier molecular flexibility index (Phi) is 1.33. The number of rotatable bonds is 0. The van der Waals surface area contributed by atoms with Gasteiger partial charge in [-0.1, -0.05) is 0 Å². The molecule has 2 heteroatoms. The van der Waals surface area contributed by atoms with Gasteiger partial charge >= 0.3 is 0 Å². The van der Waals surface area contributed by atoms with Crippen molar-refractivity contribution in [1.82, 2.24) is 0 Å². The van der Waals surface area contributed by atoms with Gasteiger partial charge in [-0.3, -0.25) is 0 Å². The van der Waals surface area contributed by atoms with Crippen LogP contribution in [0.5, 0.6) is 0 Å². The monoisotopic (exact) mass is 121 g/mol. The number of nitrogens with zero attached hydrogens (tertiary/aromatic N) is 1. The lowest BCUT2D eigenvalue weighted by Gasteiger charge is -1.82. The first kappa shape index (κ1) is 5.99. The van der Waals surface area contributed by atoms with Gasteiger partial charge < -0.3 is 0 Å². The number of aliphatic imine (C=N–C) groups is 1. The summed E-state index contributed by atoms with van der Waals surface area (Å²) in [6, 6.07) is 0. The number of allylic oxidation sites excluding steroid dienone is 2. The van der Waals surface area contributed by atoms with Crippen LogP contribution in [0.4, 0.5) is 0 Å². The highest BCUT2D eigenvalue weighted by atomic mass is 16.1. The zero-order valence-corrected chi connectivity index (χ0v) is 5.43. The Morgan fingerprint density at radius 2 is 2.22 bits per heavy atom. The molecule has 1 rings (SSSR count). The van der Waals surface area contributed by atoms with Gasteiger partial charge in [-0.25, -0.2) is 9.79 Å². The van der Waals surface area contributed by atoms with Gasteiger partial charge in [0.25, 0.3) is 0 Å². The van der Waals surface area contributed by atoms with Crippen molar-refractivity contribution < 1.29 is 4.79 Å². The van der Waals surface area contributed by atoms with Crippen molar-refractivity contribution in [2.45, 2.75) is 13.8 Å². The molecule has 0 N–H and O–H groups in total. The molecule has 0 aliphatic carbocycles. The predicted octanol–water partition coefficient (Wildman–Crippen LogP) is 1.12. The third-order valence-electron chi connectivity index (χ3n) is 1.18. The van der Waals surface area contributed by atoms with Crippen LogP contribution in [0.3, 0.4) is 0 Å². The van der Waals surface area contributed by atoms with E-state index in [9.17, 15) is 4.79 Å². The topological polar surface area (TPSA) is 29.4 Å². The molecule has 0 bridgehead atoms. The average Bonchev–Trinajstić information content (AvgIpc) is 2.10. The summed E-state index contributed by atoms with van der Waals surface area (Å²) in [6.07, 6.45) is 1.86. The molecule has 46 valence electrons. The highest BCUT2D eigenvalue weighted by Crippen LogP contribution is 2.14. The summed E-state index contributed by atoms with van der Waals surface area (Å²) in [5.41, 5.74) is 2.22. The van der Waals surface area contributed by atoms with Crippen molar-refractivity contribution in [3.8, 4) is 0 Å². The van der Waals surface area contributed by atoms with Crippen molar-refractivity contribution in [3.05, 3.63) is 17.3 Å². The van der Waals surface area contributed by atoms with Crippen LogP contribution in [-0.4, -0.2) is 11.7 Å². The first-order valence-corrected chi connectivity index (χ1v) is 2.73. The first-order chi connectivity index (χ1) is 4.24. The van der Waals surface area contributed by atoms with Crippen LogP contribution >= 0.6 is 0 Å². The zero-order valence-electron chi connectivity index (χ0n) is 5.43. The molecule has 0 fully saturated rings. The molecule has 1 heterocycles. The van der Waals surface area contributed by atoms with E-state index in [1.807, 2.05) is 19.9 Å². The predicted molar refractivity (Wildman–Crippen MR) is 36.1 cm³/mol. The third-order valence-corrected chi connectivity index (χ3v) is 1.18. The highest BCUT2D eigenvalue weighted by molar-refractivity contribution is 5.99. The molecular formula is C7H7NO. The zero-order chi connectivity index (χ0) is 6.85. The van der Waals surface area contributed by atoms with Crippen LogP contribution in [-0.2, 0) is 4.79 Å². The molecule has 1 aliphatic rings. The lowest BCUT2D eigenvalue weighted by atomic mass is 10.2. The van der Waals surface area contributed by atoms with Crippen molar-refractivity contribution in [1.29, 1.82) is 0 Å². The molecule has 0 amide bonds. The summed E-state index contributed by atoms with van der Waals surface area (Å²) in [7, 11) is 0. The molecule has 0 aromatic carbocycles. The van der Waals surface area contributed by atoms with Crippen molar-refractivity contribution in [2.24, 2.45) is 4.99 Å². The van der Waals surface area contributed by atoms with Gasteiger partial charge in [0.1, 0.15) is 5.70 Å². The number of hydrogen-bond donors (Lipinski definition) is 0. The minimum Gasteiger partial charge on any atom is -0.242 e. The molecule has 0 saturated heterocycles. The third kappa shape index (κ3) is 0.980. The fourth-order valence-electron chi connectivity index (χ4n) is 0.782. The van der Waals surface area contributed by atoms with Crippen molar-refractivity contribution in [3.63, 3.8) is 0 Å². The maximum Gasteiger partial charge on any atom is 0.153 e. The molecule has 0 aromatic rings. The normalized spacial score (nSPS) is 16.9. The van der Waals surface area contributed by atoms with Gasteiger partial charge in [-0.15, -0.1) is 0 Å². The van der Waals surface area contributed by atoms with Crippen molar-refractivity contribution in [2.75, 3.05) is 0 Å². The number of hydrogen-bond acceptors (Lipinski definition) is 2. The summed E-state index contributed by atoms with van der Waals surface area (Å²) in [4.78, 5) is 14.0. The van der Waals surface area contributed by atoms with Crippen LogP contribution in [0.1, 0.15) is 13.8 Å². The van der Waals surface area contributed by atoms with E-state index in [0.29, 0.717) is 5.70 Å². The molecule has 0 saturated carbocycles. The second-order valence-corrected chi connectivity index (χ2v) is 2.03. The molecule has 9 heavy (non-hydrogen) atoms. The minimum absolute atomic E-state index is 0.438. The average molecular weight is 121 g/mol. The van der Waals surface area contributed by atoms with Crippen LogP contribution < -0.4 is 0 Å². The molecule has 0 radical (unpaired) electrons. The summed E-state index contributed by atoms with van der Waals surface area (Å²) in [5, 5.41) is 0. The van der Waals surface area contributed by atoms with Crippen molar-refractivity contribution >= 4 is 11.7 Å². The first-order valence-electron chi connectivity index (χ1n) is 2.73. The van der Waals surface area contributed by atoms with E-state index in [1.54, 1.807) is 5.94 Å². The lowest BCUT2D eigenvalue weighted by Crippen LogP contribution is -1.74. The summed E-state index contributed by atoms with van der Waals surface area (Å²) in [6.45, 7) is 3.70. The summed E-state index contributed by atoms with van der Waals surface area (Å²) in [5.74, 6) is 1.75. The largest absolute Gasteiger partial charge is 0.242 e. The second-order valence-electron chi connectivity index (χ2n) is 2.03. The Hall–Kier alpha value is -1.14. The van der Waals surface area contributed by atoms with E-state index >= 15 is 0 Å². The van der Waals surface area contributed by atoms with Gasteiger partial charge in [0.15, 0.2) is 5.94 Å². The molecule has 2 nitrogen and oxygen atoms in total. The van der Waals surface area contributed by atoms with Gasteiger partial charge in [0.05, 0.1) is 0 Å². The second kappa shape index (κ2) is 2.00. The minimum atomic E-state index is 0.438. The van der Waals surface area contributed by atoms with E-state index < -0.39 is 0 Å². The highest BCUT2D eigenvalue weighted by Gasteiger charge is 2.05. The van der Waals surface area contributed by atoms with Crippen LogP contribution in [0.2, 0.25) is 0 Å². The van der Waals surface area contributed by atoms with Gasteiger partial charge in [0, 0.05) is 5.71 Å². The molecule has 0 unspecified atom stereocenters. The van der Waals surface area contributed by atoms with E-state index in [0.717, 1.165) is 11.3 Å². The van der Waals surface area contributed by atoms with Gasteiger partial charge in [-0.2, -0.15) is 0 Å². The quantitative estimate of drug-likeness (QED) is 0.441. The maximum absolute atomic E-state index is 10.1. The van der Waals surface area contributed by atoms with E-state index in [-0.39, 0.29) is 0 Å². The van der Waals surface area contributed by atoms with E-state index in [2.05, 4.69) is 4.99 Å². The Morgan fingerprint density at radius 1 is 1.56 bits per heavy atom. The smallest absolute Gasteiger partial charge is 0.153 e. The standard InChI is InChI=1S/C7H7NO/c1-5-3-6(2)8-7(5)4-9/h3H,1-2H3. The Bertz CT molecular complexity index is 242. The summed E-state index contributed by atoms with van der Waals surface area (Å²) >= 11 is 0. The van der Waals surface area contributed by atoms with Gasteiger partial charge in [-0.05, 0) is 25.5 Å². The SMILES string of the molecule is CC1=CC(C)=NC1=C=O. The van der Waals surface area contributed by atoms with Crippen LogP contribution in [0, 0.1) is 0 Å². The Morgan fingerprint density at radius 3 is 2.44 bits per heavy atom. The molecule has 0 atom stereocenters. The summed E-state index contributed by atoms with van der Waals surface area (Å²) < 4.78 is 0. The van der Waals surface area contributed by atoms with Crippen LogP contribution in [0.15, 0.2) is 22.3 Å². The fraction of sp³-hybridized carbons (Fsp3) is 0.286. The number of carbonyl (C=O) groups excluding carboxylic acids is 1. The maximum atomic E-state index is 10.1. The fourth-order valence-corrected chi connectivity index (χ4v) is 0.782. The Labute approximate surface area is 53.6 Å². The molecule has 1 aliphatic heterocycles. The Balaban J connectivity index is 3.10. The van der Waals surface area contributed by atoms with Crippen LogP contribution in [0.25, 0.3) is 0 Å². The van der Waals surface area contributed by atoms with E-state index in [4.69, 9.17) is 0 Å². The molecule has 0 aromatic heterocycles. The molecule has 0 spiro atoms. The molecular weight excluding hydrogens is 114 g/mol. The lowest BCUT2D eigenvalue weighted by molar-refractivity contribution is 0.567. The van der Waals surface area contributed by atoms with Gasteiger partial charge in [0.2, 0.25) is 0 Å². The van der Waals surface area contributed by atoms with E-state index in [1.165, 1.54) is 0 Å².